The number of aromatic nitrogens is 3. The van der Waals surface area contributed by atoms with Crippen LogP contribution in [0.5, 0.6) is 0 Å². The van der Waals surface area contributed by atoms with E-state index >= 15 is 0 Å². The quantitative estimate of drug-likeness (QED) is 0.802. The number of carbonyl (C=O) groups excluding carboxylic acids is 1. The third-order valence-corrected chi connectivity index (χ3v) is 2.23. The second-order valence-corrected chi connectivity index (χ2v) is 3.56. The van der Waals surface area contributed by atoms with Crippen molar-refractivity contribution in [1.82, 2.24) is 14.6 Å². The number of rotatable bonds is 4. The number of hydrogen-bond acceptors (Lipinski definition) is 5. The van der Waals surface area contributed by atoms with Gasteiger partial charge in [-0.3, -0.25) is 0 Å². The lowest BCUT2D eigenvalue weighted by Gasteiger charge is -2.10. The molecule has 2 aromatic rings. The summed E-state index contributed by atoms with van der Waals surface area (Å²) in [6, 6.07) is 5.11. The molecule has 0 aliphatic carbocycles. The Bertz CT molecular complexity index is 490. The van der Waals surface area contributed by atoms with Crippen LogP contribution in [0.15, 0.2) is 24.4 Å². The molecule has 1 unspecified atom stereocenters. The minimum atomic E-state index is -0.465. The largest absolute Gasteiger partial charge is 0.464 e. The minimum absolute atomic E-state index is 0.314. The first-order valence-corrected chi connectivity index (χ1v) is 5.45. The predicted octanol–water partition coefficient (Wildman–Crippen LogP) is 1.09. The molecule has 90 valence electrons. The number of esters is 1. The molecule has 1 N–H and O–H groups in total. The maximum atomic E-state index is 11.4. The van der Waals surface area contributed by atoms with E-state index in [1.54, 1.807) is 24.6 Å². The van der Waals surface area contributed by atoms with E-state index < -0.39 is 6.04 Å². The zero-order valence-corrected chi connectivity index (χ0v) is 9.75. The summed E-state index contributed by atoms with van der Waals surface area (Å²) in [7, 11) is 0. The number of fused-ring (bicyclic) bond motifs is 1. The van der Waals surface area contributed by atoms with E-state index in [9.17, 15) is 4.79 Å². The molecule has 0 spiro atoms. The lowest BCUT2D eigenvalue weighted by molar-refractivity contribution is -0.143. The lowest BCUT2D eigenvalue weighted by atomic mass is 10.3. The van der Waals surface area contributed by atoms with Crippen molar-refractivity contribution in [3.8, 4) is 0 Å². The molecule has 0 bridgehead atoms. The van der Waals surface area contributed by atoms with Crippen molar-refractivity contribution in [3.05, 3.63) is 24.4 Å². The Hall–Kier alpha value is -2.11. The van der Waals surface area contributed by atoms with Crippen molar-refractivity contribution < 1.29 is 9.53 Å². The van der Waals surface area contributed by atoms with Crippen LogP contribution in [0.1, 0.15) is 13.8 Å². The molecule has 2 heterocycles. The van der Waals surface area contributed by atoms with Crippen LogP contribution < -0.4 is 5.32 Å². The summed E-state index contributed by atoms with van der Waals surface area (Å²) in [6.45, 7) is 3.85. The Morgan fingerprint density at radius 1 is 1.59 bits per heavy atom. The van der Waals surface area contributed by atoms with Crippen LogP contribution in [-0.2, 0) is 9.53 Å². The highest BCUT2D eigenvalue weighted by Crippen LogP contribution is 2.06. The Kier molecular flexibility index (Phi) is 3.22. The Labute approximate surface area is 98.6 Å². The number of anilines is 1. The van der Waals surface area contributed by atoms with Gasteiger partial charge in [-0.05, 0) is 26.0 Å². The van der Waals surface area contributed by atoms with Gasteiger partial charge in [0, 0.05) is 6.20 Å². The minimum Gasteiger partial charge on any atom is -0.464 e. The molecule has 0 aliphatic heterocycles. The summed E-state index contributed by atoms with van der Waals surface area (Å²) in [5, 5.41) is 7.08. The first kappa shape index (κ1) is 11.4. The van der Waals surface area contributed by atoms with E-state index in [0.29, 0.717) is 12.6 Å². The van der Waals surface area contributed by atoms with Crippen molar-refractivity contribution in [2.24, 2.45) is 0 Å². The number of hydrogen-bond donors (Lipinski definition) is 1. The topological polar surface area (TPSA) is 68.5 Å². The van der Waals surface area contributed by atoms with Crippen LogP contribution in [0.2, 0.25) is 0 Å². The number of pyridine rings is 1. The normalized spacial score (nSPS) is 12.4. The summed E-state index contributed by atoms with van der Waals surface area (Å²) in [5.41, 5.74) is 0.728. The standard InChI is InChI=1S/C11H14N4O2/c1-3-17-10(16)8(2)12-11-13-9-6-4-5-7-15(9)14-11/h4-8H,3H2,1-2H3,(H,12,14). The first-order chi connectivity index (χ1) is 8.20. The Morgan fingerprint density at radius 2 is 2.41 bits per heavy atom. The molecule has 17 heavy (non-hydrogen) atoms. The smallest absolute Gasteiger partial charge is 0.328 e. The molecule has 2 rings (SSSR count). The van der Waals surface area contributed by atoms with Crippen molar-refractivity contribution >= 4 is 17.6 Å². The molecule has 0 aromatic carbocycles. The summed E-state index contributed by atoms with van der Waals surface area (Å²) < 4.78 is 6.53. The van der Waals surface area contributed by atoms with E-state index in [1.165, 1.54) is 0 Å². The number of nitrogens with zero attached hydrogens (tertiary/aromatic N) is 3. The Balaban J connectivity index is 2.10. The molecule has 0 saturated carbocycles. The molecule has 1 atom stereocenters. The van der Waals surface area contributed by atoms with E-state index in [-0.39, 0.29) is 5.97 Å². The van der Waals surface area contributed by atoms with Gasteiger partial charge in [0.2, 0.25) is 5.95 Å². The van der Waals surface area contributed by atoms with Gasteiger partial charge in [-0.2, -0.15) is 4.98 Å². The summed E-state index contributed by atoms with van der Waals surface area (Å²) in [6.07, 6.45) is 1.79. The molecule has 6 heteroatoms. The van der Waals surface area contributed by atoms with E-state index in [0.717, 1.165) is 5.65 Å². The van der Waals surface area contributed by atoms with Crippen molar-refractivity contribution in [2.45, 2.75) is 19.9 Å². The summed E-state index contributed by atoms with van der Waals surface area (Å²) in [4.78, 5) is 15.6. The average molecular weight is 234 g/mol. The van der Waals surface area contributed by atoms with Gasteiger partial charge in [-0.1, -0.05) is 6.07 Å². The summed E-state index contributed by atoms with van der Waals surface area (Å²) >= 11 is 0. The van der Waals surface area contributed by atoms with Gasteiger partial charge < -0.3 is 10.1 Å². The van der Waals surface area contributed by atoms with Gasteiger partial charge in [0.1, 0.15) is 6.04 Å². The van der Waals surface area contributed by atoms with Gasteiger partial charge in [0.25, 0.3) is 0 Å². The fourth-order valence-electron chi connectivity index (χ4n) is 1.41. The summed E-state index contributed by atoms with van der Waals surface area (Å²) in [5.74, 6) is 0.100. The van der Waals surface area contributed by atoms with Gasteiger partial charge in [0.15, 0.2) is 5.65 Å². The van der Waals surface area contributed by atoms with Crippen LogP contribution in [0.25, 0.3) is 5.65 Å². The zero-order chi connectivity index (χ0) is 12.3. The number of carbonyl (C=O) groups is 1. The average Bonchev–Trinajstić information content (AvgIpc) is 2.71. The molecular weight excluding hydrogens is 220 g/mol. The van der Waals surface area contributed by atoms with Crippen LogP contribution >= 0.6 is 0 Å². The molecule has 6 nitrogen and oxygen atoms in total. The third-order valence-electron chi connectivity index (χ3n) is 2.23. The molecule has 0 amide bonds. The highest BCUT2D eigenvalue weighted by molar-refractivity contribution is 5.78. The first-order valence-electron chi connectivity index (χ1n) is 5.45. The predicted molar refractivity (Wildman–Crippen MR) is 62.7 cm³/mol. The van der Waals surface area contributed by atoms with Crippen molar-refractivity contribution in [3.63, 3.8) is 0 Å². The maximum absolute atomic E-state index is 11.4. The van der Waals surface area contributed by atoms with Crippen molar-refractivity contribution in [1.29, 1.82) is 0 Å². The molecule has 0 aliphatic rings. The SMILES string of the molecule is CCOC(=O)C(C)Nc1nc2ccccn2n1. The van der Waals surface area contributed by atoms with E-state index in [4.69, 9.17) is 4.74 Å². The van der Waals surface area contributed by atoms with Crippen LogP contribution in [-0.4, -0.2) is 33.2 Å². The highest BCUT2D eigenvalue weighted by atomic mass is 16.5. The Morgan fingerprint density at radius 3 is 3.12 bits per heavy atom. The number of nitrogens with one attached hydrogen (secondary N) is 1. The molecule has 0 fully saturated rings. The monoisotopic (exact) mass is 234 g/mol. The number of ether oxygens (including phenoxy) is 1. The molecule has 0 saturated heterocycles. The molecular formula is C11H14N4O2. The highest BCUT2D eigenvalue weighted by Gasteiger charge is 2.15. The second kappa shape index (κ2) is 4.82. The molecule has 2 aromatic heterocycles. The van der Waals surface area contributed by atoms with Gasteiger partial charge in [-0.25, -0.2) is 9.31 Å². The third kappa shape index (κ3) is 2.52. The van der Waals surface area contributed by atoms with Crippen molar-refractivity contribution in [2.75, 3.05) is 11.9 Å². The van der Waals surface area contributed by atoms with Gasteiger partial charge in [0.05, 0.1) is 6.61 Å². The second-order valence-electron chi connectivity index (χ2n) is 3.56. The molecule has 0 radical (unpaired) electrons. The lowest BCUT2D eigenvalue weighted by Crippen LogP contribution is -2.28. The van der Waals surface area contributed by atoms with E-state index in [1.807, 2.05) is 18.2 Å². The fraction of sp³-hybridized carbons (Fsp3) is 0.364. The van der Waals surface area contributed by atoms with Crippen LogP contribution in [0, 0.1) is 0 Å². The maximum Gasteiger partial charge on any atom is 0.328 e. The van der Waals surface area contributed by atoms with Gasteiger partial charge >= 0.3 is 5.97 Å². The fourth-order valence-corrected chi connectivity index (χ4v) is 1.41. The zero-order valence-electron chi connectivity index (χ0n) is 9.75. The van der Waals surface area contributed by atoms with E-state index in [2.05, 4.69) is 15.4 Å². The van der Waals surface area contributed by atoms with Crippen LogP contribution in [0.3, 0.4) is 0 Å². The van der Waals surface area contributed by atoms with Gasteiger partial charge in [-0.15, -0.1) is 5.10 Å². The van der Waals surface area contributed by atoms with Crippen LogP contribution in [0.4, 0.5) is 5.95 Å².